The van der Waals surface area contributed by atoms with E-state index in [0.717, 1.165) is 25.2 Å². The number of nitrogens with one attached hydrogen (secondary N) is 1. The van der Waals surface area contributed by atoms with Crippen LogP contribution in [0.1, 0.15) is 45.4 Å². The Kier molecular flexibility index (Phi) is 6.03. The first-order valence-electron chi connectivity index (χ1n) is 6.14. The SMILES string of the molecule is CCCCCC(Cc1ncnn1CC)NN. The number of unbranched alkanes of at least 4 members (excludes halogenated alkanes) is 2. The van der Waals surface area contributed by atoms with Gasteiger partial charge in [-0.2, -0.15) is 5.10 Å². The summed E-state index contributed by atoms with van der Waals surface area (Å²) >= 11 is 0. The fraction of sp³-hybridized carbons (Fsp3) is 0.818. The lowest BCUT2D eigenvalue weighted by atomic mass is 10.1. The van der Waals surface area contributed by atoms with E-state index < -0.39 is 0 Å². The van der Waals surface area contributed by atoms with Crippen LogP contribution in [0.15, 0.2) is 6.33 Å². The van der Waals surface area contributed by atoms with Crippen molar-refractivity contribution in [1.82, 2.24) is 20.2 Å². The van der Waals surface area contributed by atoms with Crippen LogP contribution in [0.25, 0.3) is 0 Å². The molecule has 5 nitrogen and oxygen atoms in total. The fourth-order valence-corrected chi connectivity index (χ4v) is 1.82. The Hall–Kier alpha value is -0.940. The minimum absolute atomic E-state index is 0.307. The first kappa shape index (κ1) is 13.1. The second-order valence-corrected chi connectivity index (χ2v) is 4.06. The third kappa shape index (κ3) is 3.90. The monoisotopic (exact) mass is 225 g/mol. The zero-order valence-electron chi connectivity index (χ0n) is 10.3. The summed E-state index contributed by atoms with van der Waals surface area (Å²) in [7, 11) is 0. The number of nitrogens with zero attached hydrogens (tertiary/aromatic N) is 3. The van der Waals surface area contributed by atoms with Gasteiger partial charge in [-0.1, -0.05) is 26.2 Å². The van der Waals surface area contributed by atoms with Gasteiger partial charge in [-0.15, -0.1) is 0 Å². The summed E-state index contributed by atoms with van der Waals surface area (Å²) in [6.07, 6.45) is 7.28. The van der Waals surface area contributed by atoms with Crippen molar-refractivity contribution in [2.45, 2.75) is 58.5 Å². The van der Waals surface area contributed by atoms with E-state index in [1.165, 1.54) is 19.3 Å². The predicted molar refractivity (Wildman–Crippen MR) is 64.7 cm³/mol. The number of rotatable bonds is 8. The molecule has 1 aromatic heterocycles. The van der Waals surface area contributed by atoms with Crippen LogP contribution in [0.5, 0.6) is 0 Å². The third-order valence-electron chi connectivity index (χ3n) is 2.82. The molecular weight excluding hydrogens is 202 g/mol. The van der Waals surface area contributed by atoms with E-state index in [-0.39, 0.29) is 0 Å². The molecule has 1 rings (SSSR count). The van der Waals surface area contributed by atoms with Crippen LogP contribution in [0.4, 0.5) is 0 Å². The lowest BCUT2D eigenvalue weighted by molar-refractivity contribution is 0.447. The van der Waals surface area contributed by atoms with Crippen LogP contribution in [-0.2, 0) is 13.0 Å². The van der Waals surface area contributed by atoms with E-state index in [9.17, 15) is 0 Å². The van der Waals surface area contributed by atoms with Crippen molar-refractivity contribution >= 4 is 0 Å². The fourth-order valence-electron chi connectivity index (χ4n) is 1.82. The van der Waals surface area contributed by atoms with Crippen molar-refractivity contribution < 1.29 is 0 Å². The lowest BCUT2D eigenvalue weighted by Crippen LogP contribution is -2.37. The van der Waals surface area contributed by atoms with Crippen molar-refractivity contribution in [3.8, 4) is 0 Å². The second-order valence-electron chi connectivity index (χ2n) is 4.06. The molecule has 0 radical (unpaired) electrons. The molecule has 5 heteroatoms. The quantitative estimate of drug-likeness (QED) is 0.397. The van der Waals surface area contributed by atoms with Gasteiger partial charge in [-0.05, 0) is 13.3 Å². The molecule has 16 heavy (non-hydrogen) atoms. The summed E-state index contributed by atoms with van der Waals surface area (Å²) in [6, 6.07) is 0.307. The maximum Gasteiger partial charge on any atom is 0.138 e. The van der Waals surface area contributed by atoms with Crippen LogP contribution in [0, 0.1) is 0 Å². The molecule has 0 aliphatic heterocycles. The Morgan fingerprint density at radius 1 is 1.44 bits per heavy atom. The zero-order valence-corrected chi connectivity index (χ0v) is 10.3. The maximum absolute atomic E-state index is 5.56. The topological polar surface area (TPSA) is 68.8 Å². The van der Waals surface area contributed by atoms with Crippen molar-refractivity contribution in [3.05, 3.63) is 12.2 Å². The van der Waals surface area contributed by atoms with Crippen LogP contribution >= 0.6 is 0 Å². The Balaban J connectivity index is 2.43. The Labute approximate surface area is 97.4 Å². The first-order valence-corrected chi connectivity index (χ1v) is 6.14. The van der Waals surface area contributed by atoms with Gasteiger partial charge in [0, 0.05) is 19.0 Å². The van der Waals surface area contributed by atoms with Gasteiger partial charge in [0.2, 0.25) is 0 Å². The third-order valence-corrected chi connectivity index (χ3v) is 2.82. The molecule has 0 aliphatic carbocycles. The smallest absolute Gasteiger partial charge is 0.138 e. The molecule has 0 saturated carbocycles. The highest BCUT2D eigenvalue weighted by molar-refractivity contribution is 4.89. The Morgan fingerprint density at radius 3 is 2.88 bits per heavy atom. The van der Waals surface area contributed by atoms with Gasteiger partial charge >= 0.3 is 0 Å². The highest BCUT2D eigenvalue weighted by Crippen LogP contribution is 2.07. The Bertz CT molecular complexity index is 284. The standard InChI is InChI=1S/C11H23N5/c1-3-5-6-7-10(15-12)8-11-13-9-14-16(11)4-2/h9-10,15H,3-8,12H2,1-2H3. The van der Waals surface area contributed by atoms with Gasteiger partial charge in [-0.3, -0.25) is 16.0 Å². The molecule has 1 heterocycles. The summed E-state index contributed by atoms with van der Waals surface area (Å²) in [5, 5.41) is 4.16. The number of hydrazine groups is 1. The summed E-state index contributed by atoms with van der Waals surface area (Å²) in [6.45, 7) is 5.14. The van der Waals surface area contributed by atoms with E-state index in [1.807, 2.05) is 4.68 Å². The summed E-state index contributed by atoms with van der Waals surface area (Å²) in [4.78, 5) is 4.26. The molecule has 0 spiro atoms. The normalized spacial score (nSPS) is 12.9. The van der Waals surface area contributed by atoms with Crippen LogP contribution < -0.4 is 11.3 Å². The average molecular weight is 225 g/mol. The first-order chi connectivity index (χ1) is 7.81. The number of hydrogen-bond acceptors (Lipinski definition) is 4. The summed E-state index contributed by atoms with van der Waals surface area (Å²) in [5.74, 6) is 6.57. The molecule has 0 aromatic carbocycles. The molecule has 92 valence electrons. The minimum Gasteiger partial charge on any atom is -0.271 e. The van der Waals surface area contributed by atoms with E-state index in [0.29, 0.717) is 6.04 Å². The van der Waals surface area contributed by atoms with E-state index >= 15 is 0 Å². The number of nitrogens with two attached hydrogens (primary N) is 1. The summed E-state index contributed by atoms with van der Waals surface area (Å²) in [5.41, 5.74) is 2.87. The van der Waals surface area contributed by atoms with Gasteiger partial charge in [0.05, 0.1) is 0 Å². The molecule has 0 bridgehead atoms. The van der Waals surface area contributed by atoms with Gasteiger partial charge in [-0.25, -0.2) is 4.98 Å². The number of aromatic nitrogens is 3. The van der Waals surface area contributed by atoms with Gasteiger partial charge in [0.25, 0.3) is 0 Å². The Morgan fingerprint density at radius 2 is 2.25 bits per heavy atom. The van der Waals surface area contributed by atoms with Crippen LogP contribution in [0.2, 0.25) is 0 Å². The van der Waals surface area contributed by atoms with Crippen LogP contribution in [-0.4, -0.2) is 20.8 Å². The van der Waals surface area contributed by atoms with Crippen molar-refractivity contribution in [2.75, 3.05) is 0 Å². The molecule has 1 atom stereocenters. The molecular formula is C11H23N5. The molecule has 1 unspecified atom stereocenters. The number of hydrogen-bond donors (Lipinski definition) is 2. The predicted octanol–water partition coefficient (Wildman–Crippen LogP) is 1.25. The average Bonchev–Trinajstić information content (AvgIpc) is 2.75. The highest BCUT2D eigenvalue weighted by atomic mass is 15.3. The molecule has 0 saturated heterocycles. The zero-order chi connectivity index (χ0) is 11.8. The van der Waals surface area contributed by atoms with Gasteiger partial charge < -0.3 is 0 Å². The highest BCUT2D eigenvalue weighted by Gasteiger charge is 2.11. The lowest BCUT2D eigenvalue weighted by Gasteiger charge is -2.15. The van der Waals surface area contributed by atoms with Crippen molar-refractivity contribution in [3.63, 3.8) is 0 Å². The summed E-state index contributed by atoms with van der Waals surface area (Å²) < 4.78 is 1.92. The minimum atomic E-state index is 0.307. The van der Waals surface area contributed by atoms with E-state index in [4.69, 9.17) is 5.84 Å². The van der Waals surface area contributed by atoms with Crippen molar-refractivity contribution in [2.24, 2.45) is 5.84 Å². The van der Waals surface area contributed by atoms with Gasteiger partial charge in [0.15, 0.2) is 0 Å². The molecule has 0 fully saturated rings. The molecule has 0 aliphatic rings. The van der Waals surface area contributed by atoms with Gasteiger partial charge in [0.1, 0.15) is 12.2 Å². The largest absolute Gasteiger partial charge is 0.271 e. The number of aryl methyl sites for hydroxylation is 1. The molecule has 3 N–H and O–H groups in total. The maximum atomic E-state index is 5.56. The van der Waals surface area contributed by atoms with Crippen molar-refractivity contribution in [1.29, 1.82) is 0 Å². The van der Waals surface area contributed by atoms with E-state index in [2.05, 4.69) is 29.4 Å². The molecule has 0 amide bonds. The second kappa shape index (κ2) is 7.35. The molecule has 1 aromatic rings. The van der Waals surface area contributed by atoms with E-state index in [1.54, 1.807) is 6.33 Å². The van der Waals surface area contributed by atoms with Crippen LogP contribution in [0.3, 0.4) is 0 Å².